The minimum Gasteiger partial charge on any atom is -0.354 e. The minimum atomic E-state index is -4.56. The molecule has 1 aromatic heterocycles. The summed E-state index contributed by atoms with van der Waals surface area (Å²) < 4.78 is 39.6. The Morgan fingerprint density at radius 3 is 2.46 bits per heavy atom. The minimum absolute atomic E-state index is 0.309. The van der Waals surface area contributed by atoms with Gasteiger partial charge in [0.25, 0.3) is 5.91 Å². The maximum absolute atomic E-state index is 13.2. The number of hydrogen-bond donors (Lipinski definition) is 1. The van der Waals surface area contributed by atoms with E-state index in [1.165, 1.54) is 23.1 Å². The first kappa shape index (κ1) is 19.9. The summed E-state index contributed by atoms with van der Waals surface area (Å²) in [6.45, 7) is 6.15. The van der Waals surface area contributed by atoms with Gasteiger partial charge in [-0.1, -0.05) is 12.1 Å². The number of halogens is 3. The van der Waals surface area contributed by atoms with Crippen molar-refractivity contribution in [1.29, 1.82) is 0 Å². The van der Waals surface area contributed by atoms with Crippen molar-refractivity contribution in [2.75, 3.05) is 42.9 Å². The summed E-state index contributed by atoms with van der Waals surface area (Å²) in [4.78, 5) is 24.9. The lowest BCUT2D eigenvalue weighted by atomic mass is 10.1. The number of aryl methyl sites for hydroxylation is 1. The highest BCUT2D eigenvalue weighted by Gasteiger charge is 2.36. The van der Waals surface area contributed by atoms with E-state index in [9.17, 15) is 18.0 Å². The molecule has 6 nitrogen and oxygen atoms in total. The molecule has 0 atom stereocenters. The van der Waals surface area contributed by atoms with Crippen molar-refractivity contribution in [2.24, 2.45) is 0 Å². The third-order valence-electron chi connectivity index (χ3n) is 4.53. The van der Waals surface area contributed by atoms with Crippen LogP contribution < -0.4 is 10.2 Å². The van der Waals surface area contributed by atoms with Crippen LogP contribution in [0.15, 0.2) is 30.3 Å². The summed E-state index contributed by atoms with van der Waals surface area (Å²) in [6.07, 6.45) is -4.56. The maximum Gasteiger partial charge on any atom is 0.417 e. The number of alkyl halides is 3. The average molecular weight is 393 g/mol. The Morgan fingerprint density at radius 2 is 1.82 bits per heavy atom. The zero-order valence-corrected chi connectivity index (χ0v) is 15.8. The van der Waals surface area contributed by atoms with Crippen LogP contribution in [0.1, 0.15) is 28.5 Å². The fraction of sp³-hybridized carbons (Fsp3) is 0.421. The fourth-order valence-corrected chi connectivity index (χ4v) is 3.18. The zero-order valence-electron chi connectivity index (χ0n) is 15.8. The molecule has 0 saturated carbocycles. The number of aromatic nitrogens is 2. The molecule has 1 aromatic carbocycles. The third kappa shape index (κ3) is 4.35. The van der Waals surface area contributed by atoms with Crippen LogP contribution in [-0.2, 0) is 6.18 Å². The van der Waals surface area contributed by atoms with E-state index in [2.05, 4.69) is 15.3 Å². The van der Waals surface area contributed by atoms with E-state index >= 15 is 0 Å². The molecule has 0 bridgehead atoms. The fourth-order valence-electron chi connectivity index (χ4n) is 3.18. The van der Waals surface area contributed by atoms with Crippen molar-refractivity contribution >= 4 is 17.7 Å². The number of carbonyl (C=O) groups excluding carboxylic acids is 1. The first-order valence-corrected chi connectivity index (χ1v) is 9.09. The standard InChI is InChI=1S/C19H22F3N5O/c1-3-23-18-24-13(2)12-16(25-18)26-8-10-27(11-9-26)17(28)14-6-4-5-7-15(14)19(20,21)22/h4-7,12H,3,8-11H2,1-2H3,(H,23,24,25). The van der Waals surface area contributed by atoms with Gasteiger partial charge in [0.15, 0.2) is 0 Å². The van der Waals surface area contributed by atoms with E-state index in [0.717, 1.165) is 17.6 Å². The van der Waals surface area contributed by atoms with Crippen LogP contribution in [0.25, 0.3) is 0 Å². The van der Waals surface area contributed by atoms with Crippen molar-refractivity contribution in [3.8, 4) is 0 Å². The van der Waals surface area contributed by atoms with Gasteiger partial charge in [0.05, 0.1) is 11.1 Å². The number of amides is 1. The predicted octanol–water partition coefficient (Wildman–Crippen LogP) is 3.20. The van der Waals surface area contributed by atoms with Crippen LogP contribution in [-0.4, -0.2) is 53.5 Å². The molecule has 28 heavy (non-hydrogen) atoms. The SMILES string of the molecule is CCNc1nc(C)cc(N2CCN(C(=O)c3ccccc3C(F)(F)F)CC2)n1. The topological polar surface area (TPSA) is 61.4 Å². The lowest BCUT2D eigenvalue weighted by Crippen LogP contribution is -2.49. The zero-order chi connectivity index (χ0) is 20.3. The summed E-state index contributed by atoms with van der Waals surface area (Å²) >= 11 is 0. The summed E-state index contributed by atoms with van der Waals surface area (Å²) in [5.41, 5.74) is -0.390. The van der Waals surface area contributed by atoms with Crippen molar-refractivity contribution < 1.29 is 18.0 Å². The molecule has 2 aromatic rings. The number of hydrogen-bond acceptors (Lipinski definition) is 5. The van der Waals surface area contributed by atoms with E-state index in [1.807, 2.05) is 24.8 Å². The van der Waals surface area contributed by atoms with Gasteiger partial charge in [0.2, 0.25) is 5.95 Å². The Labute approximate surface area is 161 Å². The summed E-state index contributed by atoms with van der Waals surface area (Å²) in [6, 6.07) is 6.77. The van der Waals surface area contributed by atoms with Crippen molar-refractivity contribution in [3.05, 3.63) is 47.2 Å². The molecule has 0 aliphatic carbocycles. The molecule has 9 heteroatoms. The molecule has 1 aliphatic rings. The lowest BCUT2D eigenvalue weighted by Gasteiger charge is -2.36. The highest BCUT2D eigenvalue weighted by molar-refractivity contribution is 5.96. The molecule has 3 rings (SSSR count). The van der Waals surface area contributed by atoms with Crippen LogP contribution in [0.3, 0.4) is 0 Å². The van der Waals surface area contributed by atoms with E-state index in [0.29, 0.717) is 38.7 Å². The smallest absolute Gasteiger partial charge is 0.354 e. The number of piperazine rings is 1. The lowest BCUT2D eigenvalue weighted by molar-refractivity contribution is -0.138. The van der Waals surface area contributed by atoms with Gasteiger partial charge in [-0.05, 0) is 26.0 Å². The second kappa shape index (κ2) is 8.04. The summed E-state index contributed by atoms with van der Waals surface area (Å²) in [7, 11) is 0. The molecule has 150 valence electrons. The number of nitrogens with one attached hydrogen (secondary N) is 1. The molecule has 0 radical (unpaired) electrons. The molecular formula is C19H22F3N5O. The van der Waals surface area contributed by atoms with E-state index in [-0.39, 0.29) is 5.56 Å². The normalized spacial score (nSPS) is 14.9. The Bertz CT molecular complexity index is 848. The van der Waals surface area contributed by atoms with Crippen LogP contribution in [0.5, 0.6) is 0 Å². The van der Waals surface area contributed by atoms with Crippen LogP contribution in [0.4, 0.5) is 24.9 Å². The van der Waals surface area contributed by atoms with E-state index in [4.69, 9.17) is 0 Å². The van der Waals surface area contributed by atoms with Crippen molar-refractivity contribution in [2.45, 2.75) is 20.0 Å². The first-order chi connectivity index (χ1) is 13.3. The number of nitrogens with zero attached hydrogens (tertiary/aromatic N) is 4. The van der Waals surface area contributed by atoms with E-state index in [1.54, 1.807) is 0 Å². The summed E-state index contributed by atoms with van der Waals surface area (Å²) in [5.74, 6) is 0.682. The van der Waals surface area contributed by atoms with Crippen molar-refractivity contribution in [1.82, 2.24) is 14.9 Å². The Morgan fingerprint density at radius 1 is 1.14 bits per heavy atom. The Hall–Kier alpha value is -2.84. The third-order valence-corrected chi connectivity index (χ3v) is 4.53. The molecule has 1 aliphatic heterocycles. The highest BCUT2D eigenvalue weighted by Crippen LogP contribution is 2.32. The Kier molecular flexibility index (Phi) is 5.71. The second-order valence-corrected chi connectivity index (χ2v) is 6.54. The molecular weight excluding hydrogens is 371 g/mol. The van der Waals surface area contributed by atoms with Gasteiger partial charge in [-0.25, -0.2) is 4.98 Å². The molecule has 0 spiro atoms. The predicted molar refractivity (Wildman–Crippen MR) is 100 cm³/mol. The number of carbonyl (C=O) groups is 1. The number of rotatable bonds is 4. The second-order valence-electron chi connectivity index (χ2n) is 6.54. The molecule has 1 N–H and O–H groups in total. The van der Waals surface area contributed by atoms with Crippen LogP contribution in [0.2, 0.25) is 0 Å². The first-order valence-electron chi connectivity index (χ1n) is 9.09. The van der Waals surface area contributed by atoms with Gasteiger partial charge in [0, 0.05) is 44.5 Å². The quantitative estimate of drug-likeness (QED) is 0.865. The van der Waals surface area contributed by atoms with Crippen LogP contribution >= 0.6 is 0 Å². The molecule has 2 heterocycles. The van der Waals surface area contributed by atoms with Gasteiger partial charge in [-0.15, -0.1) is 0 Å². The van der Waals surface area contributed by atoms with Crippen LogP contribution in [0, 0.1) is 6.92 Å². The van der Waals surface area contributed by atoms with Crippen molar-refractivity contribution in [3.63, 3.8) is 0 Å². The summed E-state index contributed by atoms with van der Waals surface area (Å²) in [5, 5.41) is 3.08. The van der Waals surface area contributed by atoms with Gasteiger partial charge in [-0.2, -0.15) is 18.2 Å². The molecule has 0 unspecified atom stereocenters. The van der Waals surface area contributed by atoms with Gasteiger partial charge >= 0.3 is 6.18 Å². The highest BCUT2D eigenvalue weighted by atomic mass is 19.4. The average Bonchev–Trinajstić information content (AvgIpc) is 2.67. The molecule has 1 fully saturated rings. The van der Waals surface area contributed by atoms with E-state index < -0.39 is 17.6 Å². The van der Waals surface area contributed by atoms with Gasteiger partial charge < -0.3 is 15.1 Å². The Balaban J connectivity index is 1.72. The molecule has 1 amide bonds. The monoisotopic (exact) mass is 393 g/mol. The van der Waals surface area contributed by atoms with Gasteiger partial charge in [0.1, 0.15) is 5.82 Å². The van der Waals surface area contributed by atoms with Gasteiger partial charge in [-0.3, -0.25) is 4.79 Å². The largest absolute Gasteiger partial charge is 0.417 e. The molecule has 1 saturated heterocycles. The maximum atomic E-state index is 13.2. The number of benzene rings is 1. The number of anilines is 2.